The Labute approximate surface area is 99.6 Å². The Bertz CT molecular complexity index is 413. The molecule has 2 rings (SSSR count). The first-order valence-electron chi connectivity index (χ1n) is 5.45. The molecule has 0 radical (unpaired) electrons. The number of piperazine rings is 1. The third kappa shape index (κ3) is 2.62. The summed E-state index contributed by atoms with van der Waals surface area (Å²) < 4.78 is 0. The third-order valence-corrected chi connectivity index (χ3v) is 2.80. The van der Waals surface area contributed by atoms with Gasteiger partial charge in [0.05, 0.1) is 0 Å². The lowest BCUT2D eigenvalue weighted by Gasteiger charge is -2.32. The van der Waals surface area contributed by atoms with Crippen LogP contribution in [0.4, 0.5) is 5.95 Å². The minimum Gasteiger partial charge on any atom is -0.409 e. The van der Waals surface area contributed by atoms with Crippen LogP contribution in [0.25, 0.3) is 0 Å². The molecule has 3 N–H and O–H groups in total. The zero-order valence-electron chi connectivity index (χ0n) is 9.74. The van der Waals surface area contributed by atoms with Gasteiger partial charge in [-0.15, -0.1) is 0 Å². The van der Waals surface area contributed by atoms with Gasteiger partial charge in [0.2, 0.25) is 5.95 Å². The summed E-state index contributed by atoms with van der Waals surface area (Å²) in [6, 6.07) is 1.62. The van der Waals surface area contributed by atoms with Gasteiger partial charge in [-0.3, -0.25) is 0 Å². The van der Waals surface area contributed by atoms with E-state index in [0.717, 1.165) is 26.2 Å². The van der Waals surface area contributed by atoms with Crippen molar-refractivity contribution in [2.24, 2.45) is 10.9 Å². The number of hydrogen-bond donors (Lipinski definition) is 2. The first kappa shape index (κ1) is 11.6. The highest BCUT2D eigenvalue weighted by atomic mass is 16.4. The van der Waals surface area contributed by atoms with E-state index in [4.69, 9.17) is 10.9 Å². The number of amidine groups is 1. The average Bonchev–Trinajstić information content (AvgIpc) is 2.39. The van der Waals surface area contributed by atoms with Crippen LogP contribution >= 0.6 is 0 Å². The van der Waals surface area contributed by atoms with E-state index in [2.05, 4.69) is 32.0 Å². The van der Waals surface area contributed by atoms with Crippen LogP contribution in [0, 0.1) is 0 Å². The van der Waals surface area contributed by atoms with Crippen LogP contribution in [0.5, 0.6) is 0 Å². The van der Waals surface area contributed by atoms with E-state index in [1.807, 2.05) is 0 Å². The summed E-state index contributed by atoms with van der Waals surface area (Å²) in [5.41, 5.74) is 5.94. The fourth-order valence-corrected chi connectivity index (χ4v) is 1.70. The minimum atomic E-state index is 0.00257. The van der Waals surface area contributed by atoms with E-state index in [0.29, 0.717) is 11.6 Å². The molecule has 92 valence electrons. The van der Waals surface area contributed by atoms with E-state index in [1.165, 1.54) is 0 Å². The molecule has 0 aliphatic carbocycles. The summed E-state index contributed by atoms with van der Waals surface area (Å²) in [4.78, 5) is 12.8. The van der Waals surface area contributed by atoms with Crippen molar-refractivity contribution in [1.82, 2.24) is 14.9 Å². The normalized spacial score (nSPS) is 18.4. The SMILES string of the molecule is CN1CCN(c2nccc(/C(N)=N/O)n2)CC1. The fraction of sp³-hybridized carbons (Fsp3) is 0.500. The lowest BCUT2D eigenvalue weighted by molar-refractivity contribution is 0.311. The lowest BCUT2D eigenvalue weighted by Crippen LogP contribution is -2.45. The first-order valence-corrected chi connectivity index (χ1v) is 5.45. The number of likely N-dealkylation sites (N-methyl/N-ethyl adjacent to an activating group) is 1. The topological polar surface area (TPSA) is 90.9 Å². The largest absolute Gasteiger partial charge is 0.409 e. The highest BCUT2D eigenvalue weighted by molar-refractivity contribution is 5.95. The molecule has 1 saturated heterocycles. The first-order chi connectivity index (χ1) is 8.20. The lowest BCUT2D eigenvalue weighted by atomic mass is 10.3. The van der Waals surface area contributed by atoms with Crippen molar-refractivity contribution in [2.45, 2.75) is 0 Å². The van der Waals surface area contributed by atoms with Gasteiger partial charge in [0.1, 0.15) is 5.69 Å². The standard InChI is InChI=1S/C10H16N6O/c1-15-4-6-16(7-5-15)10-12-3-2-8(13-10)9(11)14-17/h2-3,17H,4-7H2,1H3,(H2,11,14). The quantitative estimate of drug-likeness (QED) is 0.306. The Morgan fingerprint density at radius 1 is 1.41 bits per heavy atom. The molecule has 0 unspecified atom stereocenters. The fourth-order valence-electron chi connectivity index (χ4n) is 1.70. The van der Waals surface area contributed by atoms with E-state index in [-0.39, 0.29) is 5.84 Å². The molecule has 0 amide bonds. The molecule has 1 aromatic heterocycles. The summed E-state index contributed by atoms with van der Waals surface area (Å²) in [6.45, 7) is 3.74. The molecule has 1 aliphatic rings. The van der Waals surface area contributed by atoms with Crippen LogP contribution in [0.1, 0.15) is 5.69 Å². The molecule has 0 aromatic carbocycles. The van der Waals surface area contributed by atoms with E-state index in [9.17, 15) is 0 Å². The number of hydrogen-bond acceptors (Lipinski definition) is 6. The molecule has 0 saturated carbocycles. The van der Waals surface area contributed by atoms with Crippen molar-refractivity contribution in [3.8, 4) is 0 Å². The Hall–Kier alpha value is -1.89. The smallest absolute Gasteiger partial charge is 0.226 e. The molecule has 7 nitrogen and oxygen atoms in total. The maximum atomic E-state index is 8.61. The molecule has 7 heteroatoms. The maximum absolute atomic E-state index is 8.61. The van der Waals surface area contributed by atoms with Crippen LogP contribution in [0.15, 0.2) is 17.4 Å². The molecule has 1 fully saturated rings. The zero-order chi connectivity index (χ0) is 12.3. The molecule has 0 spiro atoms. The van der Waals surface area contributed by atoms with Gasteiger partial charge in [0.25, 0.3) is 0 Å². The number of nitrogens with two attached hydrogens (primary N) is 1. The van der Waals surface area contributed by atoms with E-state index in [1.54, 1.807) is 12.3 Å². The van der Waals surface area contributed by atoms with Crippen LogP contribution in [-0.2, 0) is 0 Å². The molecule has 0 atom stereocenters. The molecular weight excluding hydrogens is 220 g/mol. The molecule has 17 heavy (non-hydrogen) atoms. The van der Waals surface area contributed by atoms with Gasteiger partial charge in [-0.25, -0.2) is 9.97 Å². The second-order valence-corrected chi connectivity index (χ2v) is 4.02. The predicted octanol–water partition coefficient (Wildman–Crippen LogP) is -0.677. The van der Waals surface area contributed by atoms with Crippen molar-refractivity contribution in [3.63, 3.8) is 0 Å². The van der Waals surface area contributed by atoms with Gasteiger partial charge in [-0.05, 0) is 13.1 Å². The van der Waals surface area contributed by atoms with Gasteiger partial charge in [0.15, 0.2) is 5.84 Å². The summed E-state index contributed by atoms with van der Waals surface area (Å²) in [5.74, 6) is 0.630. The molecule has 2 heterocycles. The highest BCUT2D eigenvalue weighted by Gasteiger charge is 2.16. The zero-order valence-corrected chi connectivity index (χ0v) is 9.74. The van der Waals surface area contributed by atoms with Crippen molar-refractivity contribution < 1.29 is 5.21 Å². The van der Waals surface area contributed by atoms with Crippen molar-refractivity contribution in [3.05, 3.63) is 18.0 Å². The number of aromatic nitrogens is 2. The summed E-state index contributed by atoms with van der Waals surface area (Å²) >= 11 is 0. The predicted molar refractivity (Wildman–Crippen MR) is 64.3 cm³/mol. The van der Waals surface area contributed by atoms with Crippen molar-refractivity contribution >= 4 is 11.8 Å². The monoisotopic (exact) mass is 236 g/mol. The van der Waals surface area contributed by atoms with Crippen LogP contribution < -0.4 is 10.6 Å². The highest BCUT2D eigenvalue weighted by Crippen LogP contribution is 2.10. The number of anilines is 1. The van der Waals surface area contributed by atoms with E-state index >= 15 is 0 Å². The van der Waals surface area contributed by atoms with Gasteiger partial charge >= 0.3 is 0 Å². The number of rotatable bonds is 2. The Balaban J connectivity index is 2.16. The molecule has 0 bridgehead atoms. The van der Waals surface area contributed by atoms with Gasteiger partial charge in [-0.1, -0.05) is 5.16 Å². The maximum Gasteiger partial charge on any atom is 0.226 e. The number of oxime groups is 1. The Kier molecular flexibility index (Phi) is 3.38. The Morgan fingerprint density at radius 3 is 2.76 bits per heavy atom. The summed E-state index contributed by atoms with van der Waals surface area (Å²) in [6.07, 6.45) is 1.62. The average molecular weight is 236 g/mol. The van der Waals surface area contributed by atoms with Gasteiger partial charge < -0.3 is 20.7 Å². The molecular formula is C10H16N6O. The molecule has 1 aliphatic heterocycles. The second-order valence-electron chi connectivity index (χ2n) is 4.02. The number of nitrogens with zero attached hydrogens (tertiary/aromatic N) is 5. The van der Waals surface area contributed by atoms with Crippen LogP contribution in [0.2, 0.25) is 0 Å². The molecule has 1 aromatic rings. The summed E-state index contributed by atoms with van der Waals surface area (Å²) in [7, 11) is 2.09. The van der Waals surface area contributed by atoms with Crippen LogP contribution in [0.3, 0.4) is 0 Å². The summed E-state index contributed by atoms with van der Waals surface area (Å²) in [5, 5.41) is 11.5. The van der Waals surface area contributed by atoms with Crippen molar-refractivity contribution in [2.75, 3.05) is 38.1 Å². The van der Waals surface area contributed by atoms with Crippen molar-refractivity contribution in [1.29, 1.82) is 0 Å². The minimum absolute atomic E-state index is 0.00257. The second kappa shape index (κ2) is 4.96. The Morgan fingerprint density at radius 2 is 2.12 bits per heavy atom. The van der Waals surface area contributed by atoms with Crippen LogP contribution in [-0.4, -0.2) is 59.1 Å². The van der Waals surface area contributed by atoms with Gasteiger partial charge in [0, 0.05) is 32.4 Å². The van der Waals surface area contributed by atoms with E-state index < -0.39 is 0 Å². The van der Waals surface area contributed by atoms with Gasteiger partial charge in [-0.2, -0.15) is 0 Å². The third-order valence-electron chi connectivity index (χ3n) is 2.80.